The van der Waals surface area contributed by atoms with Crippen LogP contribution in [0.4, 0.5) is 0 Å². The number of aryl methyl sites for hydroxylation is 1. The molecule has 0 spiro atoms. The van der Waals surface area contributed by atoms with Crippen molar-refractivity contribution in [3.8, 4) is 5.88 Å². The van der Waals surface area contributed by atoms with Gasteiger partial charge in [-0.3, -0.25) is 4.79 Å². The molecule has 0 radical (unpaired) electrons. The van der Waals surface area contributed by atoms with Gasteiger partial charge in [-0.2, -0.15) is 0 Å². The van der Waals surface area contributed by atoms with E-state index in [9.17, 15) is 4.79 Å². The molecular formula is C19H20N6O4. The predicted octanol–water partition coefficient (Wildman–Crippen LogP) is 1.98. The van der Waals surface area contributed by atoms with Gasteiger partial charge in [-0.15, -0.1) is 5.10 Å². The summed E-state index contributed by atoms with van der Waals surface area (Å²) >= 11 is 0. The van der Waals surface area contributed by atoms with Crippen LogP contribution in [0.15, 0.2) is 47.8 Å². The summed E-state index contributed by atoms with van der Waals surface area (Å²) < 4.78 is 6.67. The third kappa shape index (κ3) is 5.83. The SMILES string of the molecule is C/C(=N\OCc1ccc(C)cc1)c1ccc(OCc2nnnn2CC(=O)O)nc1. The van der Waals surface area contributed by atoms with Gasteiger partial charge >= 0.3 is 5.97 Å². The number of pyridine rings is 1. The van der Waals surface area contributed by atoms with Gasteiger partial charge in [0.2, 0.25) is 5.88 Å². The van der Waals surface area contributed by atoms with Crippen molar-refractivity contribution in [1.82, 2.24) is 25.2 Å². The van der Waals surface area contributed by atoms with E-state index < -0.39 is 5.97 Å². The molecule has 0 unspecified atom stereocenters. The molecule has 0 fully saturated rings. The van der Waals surface area contributed by atoms with Gasteiger partial charge in [0, 0.05) is 17.8 Å². The largest absolute Gasteiger partial charge is 0.480 e. The fraction of sp³-hybridized carbons (Fsp3) is 0.263. The minimum atomic E-state index is -1.04. The number of hydrogen-bond acceptors (Lipinski definition) is 8. The summed E-state index contributed by atoms with van der Waals surface area (Å²) in [7, 11) is 0. The maximum Gasteiger partial charge on any atom is 0.325 e. The number of carboxylic acid groups (broad SMARTS) is 1. The van der Waals surface area contributed by atoms with E-state index in [2.05, 4.69) is 25.7 Å². The number of oxime groups is 1. The quantitative estimate of drug-likeness (QED) is 0.430. The molecule has 10 nitrogen and oxygen atoms in total. The molecule has 29 heavy (non-hydrogen) atoms. The summed E-state index contributed by atoms with van der Waals surface area (Å²) in [6.07, 6.45) is 1.61. The maximum atomic E-state index is 10.8. The molecule has 0 saturated heterocycles. The average molecular weight is 396 g/mol. The van der Waals surface area contributed by atoms with Crippen molar-refractivity contribution in [3.63, 3.8) is 0 Å². The van der Waals surface area contributed by atoms with Gasteiger partial charge in [0.05, 0.1) is 5.71 Å². The normalized spacial score (nSPS) is 11.3. The first kappa shape index (κ1) is 19.9. The minimum Gasteiger partial charge on any atom is -0.480 e. The minimum absolute atomic E-state index is 0.000636. The zero-order valence-electron chi connectivity index (χ0n) is 16.0. The van der Waals surface area contributed by atoms with E-state index in [0.29, 0.717) is 24.0 Å². The van der Waals surface area contributed by atoms with E-state index in [4.69, 9.17) is 14.7 Å². The molecule has 0 aliphatic carbocycles. The zero-order valence-corrected chi connectivity index (χ0v) is 16.0. The molecule has 10 heteroatoms. The fourth-order valence-corrected chi connectivity index (χ4v) is 2.34. The number of aromatic nitrogens is 5. The standard InChI is InChI=1S/C19H20N6O4/c1-13-3-5-15(6-4-13)11-29-22-14(2)16-7-8-18(20-9-16)28-12-17-21-23-24-25(17)10-19(26)27/h3-9H,10-12H2,1-2H3,(H,26,27)/b22-14+. The number of carbonyl (C=O) groups is 1. The van der Waals surface area contributed by atoms with Crippen molar-refractivity contribution in [3.05, 3.63) is 65.1 Å². The number of benzene rings is 1. The van der Waals surface area contributed by atoms with Gasteiger partial charge in [-0.1, -0.05) is 35.0 Å². The van der Waals surface area contributed by atoms with E-state index in [0.717, 1.165) is 15.8 Å². The summed E-state index contributed by atoms with van der Waals surface area (Å²) in [5.41, 5.74) is 3.71. The zero-order chi connectivity index (χ0) is 20.6. The first-order valence-corrected chi connectivity index (χ1v) is 8.79. The topological polar surface area (TPSA) is 125 Å². The van der Waals surface area contributed by atoms with Crippen molar-refractivity contribution in [2.75, 3.05) is 0 Å². The van der Waals surface area contributed by atoms with Gasteiger partial charge < -0.3 is 14.7 Å². The molecule has 0 bridgehead atoms. The van der Waals surface area contributed by atoms with Crippen LogP contribution in [-0.2, 0) is 29.4 Å². The fourth-order valence-electron chi connectivity index (χ4n) is 2.34. The Hall–Kier alpha value is -3.82. The monoisotopic (exact) mass is 396 g/mol. The van der Waals surface area contributed by atoms with Gasteiger partial charge in [0.1, 0.15) is 13.2 Å². The van der Waals surface area contributed by atoms with E-state index in [1.54, 1.807) is 18.3 Å². The average Bonchev–Trinajstić information content (AvgIpc) is 3.14. The van der Waals surface area contributed by atoms with Crippen LogP contribution in [0.5, 0.6) is 5.88 Å². The van der Waals surface area contributed by atoms with Crippen molar-refractivity contribution >= 4 is 11.7 Å². The predicted molar refractivity (Wildman–Crippen MR) is 102 cm³/mol. The van der Waals surface area contributed by atoms with Crippen LogP contribution in [0.2, 0.25) is 0 Å². The third-order valence-electron chi connectivity index (χ3n) is 3.95. The van der Waals surface area contributed by atoms with Gasteiger partial charge in [-0.25, -0.2) is 9.67 Å². The highest BCUT2D eigenvalue weighted by atomic mass is 16.6. The first-order chi connectivity index (χ1) is 14.0. The highest BCUT2D eigenvalue weighted by Gasteiger charge is 2.10. The van der Waals surface area contributed by atoms with Crippen LogP contribution in [0, 0.1) is 6.92 Å². The van der Waals surface area contributed by atoms with E-state index in [1.807, 2.05) is 38.1 Å². The molecule has 3 aromatic rings. The van der Waals surface area contributed by atoms with Crippen LogP contribution < -0.4 is 4.74 Å². The molecule has 150 valence electrons. The number of ether oxygens (including phenoxy) is 1. The Morgan fingerprint density at radius 3 is 2.66 bits per heavy atom. The molecule has 0 aliphatic heterocycles. The summed E-state index contributed by atoms with van der Waals surface area (Å²) in [6.45, 7) is 3.91. The molecular weight excluding hydrogens is 376 g/mol. The number of hydrogen-bond donors (Lipinski definition) is 1. The van der Waals surface area contributed by atoms with Crippen LogP contribution >= 0.6 is 0 Å². The lowest BCUT2D eigenvalue weighted by Gasteiger charge is -2.06. The van der Waals surface area contributed by atoms with Crippen molar-refractivity contribution in [2.24, 2.45) is 5.16 Å². The van der Waals surface area contributed by atoms with Crippen LogP contribution in [0.3, 0.4) is 0 Å². The highest BCUT2D eigenvalue weighted by molar-refractivity contribution is 5.98. The lowest BCUT2D eigenvalue weighted by Crippen LogP contribution is -2.15. The molecule has 3 rings (SSSR count). The molecule has 0 amide bonds. The Balaban J connectivity index is 1.53. The first-order valence-electron chi connectivity index (χ1n) is 8.79. The van der Waals surface area contributed by atoms with Crippen molar-refractivity contribution in [1.29, 1.82) is 0 Å². The highest BCUT2D eigenvalue weighted by Crippen LogP contribution is 2.11. The molecule has 0 saturated carbocycles. The van der Waals surface area contributed by atoms with Crippen molar-refractivity contribution < 1.29 is 19.5 Å². The summed E-state index contributed by atoms with van der Waals surface area (Å²) in [5.74, 6) is -0.395. The van der Waals surface area contributed by atoms with Crippen molar-refractivity contribution in [2.45, 2.75) is 33.6 Å². The Morgan fingerprint density at radius 2 is 1.97 bits per heavy atom. The van der Waals surface area contributed by atoms with Gasteiger partial charge in [-0.05, 0) is 35.9 Å². The second-order valence-electron chi connectivity index (χ2n) is 6.26. The number of aliphatic carboxylic acids is 1. The Bertz CT molecular complexity index is 983. The molecule has 2 aromatic heterocycles. The maximum absolute atomic E-state index is 10.8. The van der Waals surface area contributed by atoms with Gasteiger partial charge in [0.15, 0.2) is 12.4 Å². The van der Waals surface area contributed by atoms with Crippen LogP contribution in [-0.4, -0.2) is 42.0 Å². The van der Waals surface area contributed by atoms with E-state index in [1.165, 1.54) is 5.56 Å². The van der Waals surface area contributed by atoms with E-state index >= 15 is 0 Å². The number of carboxylic acids is 1. The Morgan fingerprint density at radius 1 is 1.17 bits per heavy atom. The van der Waals surface area contributed by atoms with Crippen LogP contribution in [0.25, 0.3) is 0 Å². The molecule has 1 N–H and O–H groups in total. The smallest absolute Gasteiger partial charge is 0.325 e. The summed E-state index contributed by atoms with van der Waals surface area (Å²) in [5, 5.41) is 23.7. The second kappa shape index (κ2) is 9.40. The van der Waals surface area contributed by atoms with E-state index in [-0.39, 0.29) is 13.2 Å². The lowest BCUT2D eigenvalue weighted by atomic mass is 10.2. The van der Waals surface area contributed by atoms with Crippen LogP contribution in [0.1, 0.15) is 29.4 Å². The molecule has 1 aromatic carbocycles. The lowest BCUT2D eigenvalue weighted by molar-refractivity contribution is -0.138. The second-order valence-corrected chi connectivity index (χ2v) is 6.26. The molecule has 0 aliphatic rings. The summed E-state index contributed by atoms with van der Waals surface area (Å²) in [4.78, 5) is 20.4. The number of rotatable bonds is 9. The molecule has 0 atom stereocenters. The number of nitrogens with zero attached hydrogens (tertiary/aromatic N) is 6. The molecule has 2 heterocycles. The van der Waals surface area contributed by atoms with Gasteiger partial charge in [0.25, 0.3) is 0 Å². The number of tetrazole rings is 1. The Labute approximate surface area is 166 Å². The third-order valence-corrected chi connectivity index (χ3v) is 3.95. The Kier molecular flexibility index (Phi) is 6.46. The summed E-state index contributed by atoms with van der Waals surface area (Å²) in [6, 6.07) is 11.5.